The van der Waals surface area contributed by atoms with Crippen molar-refractivity contribution in [1.29, 1.82) is 0 Å². The zero-order valence-electron chi connectivity index (χ0n) is 8.79. The normalized spacial score (nSPS) is 17.1. The molecule has 1 aliphatic rings. The molecular weight excluding hydrogens is 278 g/mol. The van der Waals surface area contributed by atoms with Gasteiger partial charge in [0, 0.05) is 6.07 Å². The minimum absolute atomic E-state index is 0.0447. The Morgan fingerprint density at radius 2 is 2.22 bits per heavy atom. The molecule has 0 atom stereocenters. The first-order valence-electron chi connectivity index (χ1n) is 4.69. The van der Waals surface area contributed by atoms with E-state index in [4.69, 9.17) is 17.3 Å². The number of aliphatic imine (C=N–C) groups is 1. The number of benzene rings is 1. The topological polar surface area (TPSA) is 98.6 Å². The van der Waals surface area contributed by atoms with Gasteiger partial charge in [-0.15, -0.1) is 0 Å². The second-order valence-corrected chi connectivity index (χ2v) is 4.80. The molecule has 0 spiro atoms. The van der Waals surface area contributed by atoms with Gasteiger partial charge in [-0.25, -0.2) is 0 Å². The molecule has 0 aliphatic carbocycles. The Morgan fingerprint density at radius 1 is 1.50 bits per heavy atom. The first-order chi connectivity index (χ1) is 8.47. The Kier molecular flexibility index (Phi) is 3.35. The Balaban J connectivity index is 2.37. The third kappa shape index (κ3) is 2.52. The summed E-state index contributed by atoms with van der Waals surface area (Å²) in [4.78, 5) is 25.3. The van der Waals surface area contributed by atoms with Crippen molar-refractivity contribution in [2.45, 2.75) is 0 Å². The molecule has 92 valence electrons. The first-order valence-corrected chi connectivity index (χ1v) is 5.89. The van der Waals surface area contributed by atoms with Gasteiger partial charge in [-0.05, 0) is 29.5 Å². The third-order valence-corrected chi connectivity index (χ3v) is 3.23. The summed E-state index contributed by atoms with van der Waals surface area (Å²) in [6.07, 6.45) is 1.49. The van der Waals surface area contributed by atoms with Crippen molar-refractivity contribution in [2.75, 3.05) is 0 Å². The Labute approximate surface area is 111 Å². The fourth-order valence-corrected chi connectivity index (χ4v) is 2.20. The van der Waals surface area contributed by atoms with E-state index < -0.39 is 10.8 Å². The predicted octanol–water partition coefficient (Wildman–Crippen LogP) is 2.18. The van der Waals surface area contributed by atoms with Crippen LogP contribution in [-0.2, 0) is 4.79 Å². The van der Waals surface area contributed by atoms with E-state index in [0.717, 1.165) is 11.8 Å². The summed E-state index contributed by atoms with van der Waals surface area (Å²) in [6.45, 7) is 0. The summed E-state index contributed by atoms with van der Waals surface area (Å²) >= 11 is 6.71. The number of hydrogen-bond acceptors (Lipinski definition) is 5. The highest BCUT2D eigenvalue weighted by atomic mass is 35.5. The lowest BCUT2D eigenvalue weighted by molar-refractivity contribution is -0.384. The molecule has 8 heteroatoms. The van der Waals surface area contributed by atoms with E-state index >= 15 is 0 Å². The summed E-state index contributed by atoms with van der Waals surface area (Å²) in [5, 5.41) is 10.9. The molecule has 0 saturated heterocycles. The Morgan fingerprint density at radius 3 is 2.78 bits per heavy atom. The average molecular weight is 284 g/mol. The number of amides is 1. The third-order valence-electron chi connectivity index (χ3n) is 2.10. The van der Waals surface area contributed by atoms with Gasteiger partial charge in [-0.2, -0.15) is 4.99 Å². The molecule has 18 heavy (non-hydrogen) atoms. The molecule has 2 N–H and O–H groups in total. The molecule has 0 aromatic heterocycles. The second-order valence-electron chi connectivity index (χ2n) is 3.33. The Bertz CT molecular complexity index is 612. The van der Waals surface area contributed by atoms with Crippen LogP contribution in [0.25, 0.3) is 6.08 Å². The van der Waals surface area contributed by atoms with Gasteiger partial charge in [0.25, 0.3) is 11.6 Å². The lowest BCUT2D eigenvalue weighted by Gasteiger charge is -1.98. The molecule has 0 saturated carbocycles. The van der Waals surface area contributed by atoms with Crippen LogP contribution in [-0.4, -0.2) is 16.0 Å². The van der Waals surface area contributed by atoms with Crippen molar-refractivity contribution in [3.8, 4) is 0 Å². The Hall–Kier alpha value is -1.86. The molecule has 1 aromatic rings. The molecule has 0 radical (unpaired) electrons. The number of hydrogen-bond donors (Lipinski definition) is 1. The van der Waals surface area contributed by atoms with Crippen LogP contribution < -0.4 is 5.73 Å². The van der Waals surface area contributed by atoms with Crippen molar-refractivity contribution in [3.05, 3.63) is 43.8 Å². The fourth-order valence-electron chi connectivity index (χ4n) is 1.34. The van der Waals surface area contributed by atoms with Crippen molar-refractivity contribution in [1.82, 2.24) is 0 Å². The summed E-state index contributed by atoms with van der Waals surface area (Å²) < 4.78 is 0. The molecule has 6 nitrogen and oxygen atoms in total. The van der Waals surface area contributed by atoms with E-state index in [9.17, 15) is 14.9 Å². The van der Waals surface area contributed by atoms with E-state index in [0.29, 0.717) is 10.5 Å². The number of thioether (sulfide) groups is 1. The predicted molar refractivity (Wildman–Crippen MR) is 70.3 cm³/mol. The maximum Gasteiger partial charge on any atom is 0.288 e. The van der Waals surface area contributed by atoms with E-state index in [1.807, 2.05) is 0 Å². The largest absolute Gasteiger partial charge is 0.378 e. The van der Waals surface area contributed by atoms with Crippen molar-refractivity contribution < 1.29 is 9.72 Å². The molecular formula is C10H6ClN3O3S. The average Bonchev–Trinajstić information content (AvgIpc) is 2.60. The van der Waals surface area contributed by atoms with Gasteiger partial charge < -0.3 is 5.73 Å². The van der Waals surface area contributed by atoms with E-state index in [-0.39, 0.29) is 15.9 Å². The molecule has 2 rings (SSSR count). The maximum absolute atomic E-state index is 11.4. The van der Waals surface area contributed by atoms with E-state index in [1.165, 1.54) is 18.2 Å². The van der Waals surface area contributed by atoms with Crippen LogP contribution >= 0.6 is 23.4 Å². The van der Waals surface area contributed by atoms with Gasteiger partial charge in [0.05, 0.1) is 9.83 Å². The minimum Gasteiger partial charge on any atom is -0.378 e. The van der Waals surface area contributed by atoms with Gasteiger partial charge in [-0.1, -0.05) is 17.7 Å². The number of nitrogens with two attached hydrogens (primary N) is 1. The molecule has 0 bridgehead atoms. The quantitative estimate of drug-likeness (QED) is 0.509. The van der Waals surface area contributed by atoms with Crippen molar-refractivity contribution >= 4 is 46.2 Å². The van der Waals surface area contributed by atoms with Gasteiger partial charge in [-0.3, -0.25) is 14.9 Å². The maximum atomic E-state index is 11.4. The highest BCUT2D eigenvalue weighted by molar-refractivity contribution is 8.18. The summed E-state index contributed by atoms with van der Waals surface area (Å²) in [5.74, 6) is -0.449. The number of carbonyl (C=O) groups excluding carboxylic acids is 1. The highest BCUT2D eigenvalue weighted by Gasteiger charge is 2.20. The number of rotatable bonds is 2. The molecule has 1 amide bonds. The number of amidine groups is 1. The number of nitro groups is 1. The van der Waals surface area contributed by atoms with E-state index in [2.05, 4.69) is 4.99 Å². The zero-order valence-corrected chi connectivity index (χ0v) is 10.4. The molecule has 0 unspecified atom stereocenters. The van der Waals surface area contributed by atoms with Crippen LogP contribution in [0.2, 0.25) is 5.02 Å². The van der Waals surface area contributed by atoms with Gasteiger partial charge in [0.15, 0.2) is 5.17 Å². The lowest BCUT2D eigenvalue weighted by Crippen LogP contribution is -2.01. The van der Waals surface area contributed by atoms with Crippen molar-refractivity contribution in [2.24, 2.45) is 10.7 Å². The van der Waals surface area contributed by atoms with Gasteiger partial charge in [0.1, 0.15) is 5.02 Å². The number of halogens is 1. The van der Waals surface area contributed by atoms with E-state index in [1.54, 1.807) is 6.07 Å². The standard InChI is InChI=1S/C10H6ClN3O3S/c11-6-2-1-5(3-7(6)14(16)17)4-8-9(15)13-10(12)18-8/h1-4H,(H2,12,13,15). The fraction of sp³-hybridized carbons (Fsp3) is 0. The van der Waals surface area contributed by atoms with Gasteiger partial charge in [0.2, 0.25) is 0 Å². The van der Waals surface area contributed by atoms with Crippen LogP contribution in [0.15, 0.2) is 28.1 Å². The molecule has 1 aromatic carbocycles. The highest BCUT2D eigenvalue weighted by Crippen LogP contribution is 2.29. The number of nitro benzene ring substituents is 1. The monoisotopic (exact) mass is 283 g/mol. The minimum atomic E-state index is -0.585. The SMILES string of the molecule is NC1=NC(=O)C(=Cc2ccc(Cl)c([N+](=O)[O-])c2)S1. The summed E-state index contributed by atoms with van der Waals surface area (Å²) in [5.41, 5.74) is 5.67. The van der Waals surface area contributed by atoms with Crippen LogP contribution in [0.3, 0.4) is 0 Å². The summed E-state index contributed by atoms with van der Waals surface area (Å²) in [7, 11) is 0. The smallest absolute Gasteiger partial charge is 0.288 e. The number of nitrogens with zero attached hydrogens (tertiary/aromatic N) is 2. The van der Waals surface area contributed by atoms with Crippen LogP contribution in [0, 0.1) is 10.1 Å². The van der Waals surface area contributed by atoms with Crippen LogP contribution in [0.1, 0.15) is 5.56 Å². The molecule has 1 heterocycles. The molecule has 1 aliphatic heterocycles. The van der Waals surface area contributed by atoms with Crippen LogP contribution in [0.4, 0.5) is 5.69 Å². The van der Waals surface area contributed by atoms with Crippen molar-refractivity contribution in [3.63, 3.8) is 0 Å². The molecule has 0 fully saturated rings. The second kappa shape index (κ2) is 4.79. The summed E-state index contributed by atoms with van der Waals surface area (Å²) in [6, 6.07) is 4.27. The zero-order chi connectivity index (χ0) is 13.3. The van der Waals surface area contributed by atoms with Crippen LogP contribution in [0.5, 0.6) is 0 Å². The van der Waals surface area contributed by atoms with Gasteiger partial charge >= 0.3 is 0 Å². The first kappa shape index (κ1) is 12.6. The number of carbonyl (C=O) groups is 1. The lowest BCUT2D eigenvalue weighted by atomic mass is 10.2.